The summed E-state index contributed by atoms with van der Waals surface area (Å²) >= 11 is 0. The van der Waals surface area contributed by atoms with Gasteiger partial charge in [0.25, 0.3) is 0 Å². The van der Waals surface area contributed by atoms with Crippen molar-refractivity contribution in [2.45, 2.75) is 77.9 Å². The highest BCUT2D eigenvalue weighted by atomic mass is 19.3. The Kier molecular flexibility index (Phi) is 13.2. The predicted molar refractivity (Wildman–Crippen MR) is 145 cm³/mol. The maximum absolute atomic E-state index is 14.2. The van der Waals surface area contributed by atoms with Gasteiger partial charge in [-0.3, -0.25) is 14.4 Å². The highest BCUT2D eigenvalue weighted by Crippen LogP contribution is 2.21. The molecule has 0 radical (unpaired) electrons. The van der Waals surface area contributed by atoms with Crippen molar-refractivity contribution in [3.63, 3.8) is 0 Å². The zero-order valence-electron chi connectivity index (χ0n) is 24.4. The lowest BCUT2D eigenvalue weighted by molar-refractivity contribution is -0.141. The summed E-state index contributed by atoms with van der Waals surface area (Å²) in [6.45, 7) is 6.95. The molecule has 1 heterocycles. The molecule has 0 aromatic heterocycles. The number of likely N-dealkylation sites (tertiary alicyclic amines) is 1. The van der Waals surface area contributed by atoms with Gasteiger partial charge in [-0.2, -0.15) is 0 Å². The van der Waals surface area contributed by atoms with E-state index in [2.05, 4.69) is 16.0 Å². The number of nitrogens with one attached hydrogen (secondary N) is 3. The van der Waals surface area contributed by atoms with Gasteiger partial charge in [-0.1, -0.05) is 27.7 Å². The van der Waals surface area contributed by atoms with Crippen LogP contribution >= 0.6 is 0 Å². The maximum Gasteiger partial charge on any atom is 0.407 e. The summed E-state index contributed by atoms with van der Waals surface area (Å²) in [7, 11) is 0. The van der Waals surface area contributed by atoms with Crippen LogP contribution in [0.1, 0.15) is 62.9 Å². The molecule has 4 amide bonds. The molecule has 11 nitrogen and oxygen atoms in total. The molecule has 3 atom stereocenters. The van der Waals surface area contributed by atoms with Crippen LogP contribution in [-0.4, -0.2) is 84.0 Å². The van der Waals surface area contributed by atoms with E-state index in [9.17, 15) is 41.5 Å². The number of nitrogens with zero attached hydrogens (tertiary/aromatic N) is 1. The number of carboxylic acids is 1. The second-order valence-electron chi connectivity index (χ2n) is 11.0. The number of alkyl carbamates (subject to hydrolysis) is 1. The summed E-state index contributed by atoms with van der Waals surface area (Å²) in [6.07, 6.45) is -4.68. The third-order valence-corrected chi connectivity index (χ3v) is 6.70. The van der Waals surface area contributed by atoms with E-state index in [0.29, 0.717) is 18.6 Å². The molecule has 1 aliphatic rings. The van der Waals surface area contributed by atoms with E-state index in [-0.39, 0.29) is 31.4 Å². The fraction of sp³-hybridized carbons (Fsp3) is 0.607. The monoisotopic (exact) mass is 618 g/mol. The predicted octanol–water partition coefficient (Wildman–Crippen LogP) is 2.86. The van der Waals surface area contributed by atoms with E-state index >= 15 is 0 Å². The van der Waals surface area contributed by atoms with Crippen molar-refractivity contribution < 1.29 is 51.4 Å². The van der Waals surface area contributed by atoms with Crippen LogP contribution in [0.15, 0.2) is 12.1 Å². The average molecular weight is 619 g/mol. The van der Waals surface area contributed by atoms with Gasteiger partial charge in [0.05, 0.1) is 12.2 Å². The zero-order valence-corrected chi connectivity index (χ0v) is 24.4. The molecule has 2 rings (SSSR count). The number of benzene rings is 1. The van der Waals surface area contributed by atoms with Crippen molar-refractivity contribution in [3.8, 4) is 0 Å². The van der Waals surface area contributed by atoms with Crippen molar-refractivity contribution in [1.29, 1.82) is 0 Å². The molecule has 0 aliphatic carbocycles. The van der Waals surface area contributed by atoms with Gasteiger partial charge in [0.2, 0.25) is 24.1 Å². The lowest BCUT2D eigenvalue weighted by atomic mass is 10.0. The zero-order chi connectivity index (χ0) is 32.4. The summed E-state index contributed by atoms with van der Waals surface area (Å²) in [5, 5.41) is 15.9. The van der Waals surface area contributed by atoms with E-state index in [1.54, 1.807) is 13.8 Å². The molecule has 0 unspecified atom stereocenters. The number of amides is 4. The number of carboxylic acid groups (broad SMARTS) is 1. The minimum atomic E-state index is -3.00. The van der Waals surface area contributed by atoms with E-state index in [0.717, 1.165) is 0 Å². The first-order chi connectivity index (χ1) is 20.1. The van der Waals surface area contributed by atoms with Crippen LogP contribution in [-0.2, 0) is 25.5 Å². The summed E-state index contributed by atoms with van der Waals surface area (Å²) in [5.74, 6) is -6.62. The van der Waals surface area contributed by atoms with Crippen LogP contribution in [0.5, 0.6) is 0 Å². The van der Waals surface area contributed by atoms with Crippen LogP contribution in [0.3, 0.4) is 0 Å². The summed E-state index contributed by atoms with van der Waals surface area (Å²) < 4.78 is 60.1. The Balaban J connectivity index is 2.07. The van der Waals surface area contributed by atoms with Gasteiger partial charge < -0.3 is 30.7 Å². The molecule has 1 aromatic carbocycles. The van der Waals surface area contributed by atoms with Crippen LogP contribution < -0.4 is 16.0 Å². The first-order valence-corrected chi connectivity index (χ1v) is 13.9. The van der Waals surface area contributed by atoms with Crippen molar-refractivity contribution in [3.05, 3.63) is 34.9 Å². The van der Waals surface area contributed by atoms with Gasteiger partial charge in [0, 0.05) is 25.1 Å². The van der Waals surface area contributed by atoms with Gasteiger partial charge in [0.1, 0.15) is 29.8 Å². The highest BCUT2D eigenvalue weighted by molar-refractivity contribution is 5.94. The third kappa shape index (κ3) is 10.4. The smallest absolute Gasteiger partial charge is 0.407 e. The normalized spacial score (nSPS) is 16.3. The molecule has 1 aliphatic heterocycles. The molecule has 43 heavy (non-hydrogen) atoms. The number of carbonyl (C=O) groups excluding carboxylic acids is 4. The number of ether oxygens (including phenoxy) is 1. The minimum absolute atomic E-state index is 0.0664. The SMILES string of the molecule is CC(C)COC(=O)N[C@H](C(=O)N1CCC[C@H]1C(=O)N[C@@H](CC(F)F)C(=O)NCCc1c(F)cc(C(=O)O)cc1F)C(C)C. The highest BCUT2D eigenvalue weighted by Gasteiger charge is 2.40. The molecule has 0 saturated carbocycles. The average Bonchev–Trinajstić information content (AvgIpc) is 3.41. The minimum Gasteiger partial charge on any atom is -0.478 e. The van der Waals surface area contributed by atoms with Crippen LogP contribution in [0.2, 0.25) is 0 Å². The Morgan fingerprint density at radius 1 is 1.05 bits per heavy atom. The molecular weight excluding hydrogens is 580 g/mol. The standard InChI is InChI=1S/C28H38F4N4O7/c1-14(2)13-43-28(42)35-23(15(3)4)26(39)36-9-5-6-21(36)25(38)34-20(12-22(31)32)24(37)33-8-7-17-18(29)10-16(27(40)41)11-19(17)30/h10-11,14-15,20-23H,5-9,12-13H2,1-4H3,(H,33,37)(H,34,38)(H,35,42)(H,40,41)/t20-,21-,23-/m0/s1. The lowest BCUT2D eigenvalue weighted by Crippen LogP contribution is -2.57. The Morgan fingerprint density at radius 2 is 1.67 bits per heavy atom. The van der Waals surface area contributed by atoms with E-state index in [1.807, 2.05) is 13.8 Å². The summed E-state index contributed by atoms with van der Waals surface area (Å²) in [4.78, 5) is 63.6. The first-order valence-electron chi connectivity index (χ1n) is 13.9. The Labute approximate surface area is 246 Å². The van der Waals surface area contributed by atoms with Crippen LogP contribution in [0, 0.1) is 23.5 Å². The lowest BCUT2D eigenvalue weighted by Gasteiger charge is -2.31. The number of rotatable bonds is 14. The van der Waals surface area contributed by atoms with Crippen LogP contribution in [0.4, 0.5) is 22.4 Å². The summed E-state index contributed by atoms with van der Waals surface area (Å²) in [6, 6.07) is -2.61. The topological polar surface area (TPSA) is 154 Å². The number of alkyl halides is 2. The van der Waals surface area contributed by atoms with Gasteiger partial charge in [0.15, 0.2) is 0 Å². The van der Waals surface area contributed by atoms with E-state index in [1.165, 1.54) is 4.90 Å². The Hall–Kier alpha value is -3.91. The Bertz CT molecular complexity index is 1160. The second-order valence-corrected chi connectivity index (χ2v) is 11.0. The quantitative estimate of drug-likeness (QED) is 0.234. The molecule has 0 spiro atoms. The molecule has 1 fully saturated rings. The fourth-order valence-electron chi connectivity index (χ4n) is 4.48. The van der Waals surface area contributed by atoms with E-state index < -0.39 is 96.5 Å². The van der Waals surface area contributed by atoms with Gasteiger partial charge in [-0.25, -0.2) is 27.2 Å². The molecule has 1 saturated heterocycles. The molecule has 240 valence electrons. The molecule has 4 N–H and O–H groups in total. The second kappa shape index (κ2) is 16.1. The number of carbonyl (C=O) groups is 5. The summed E-state index contributed by atoms with van der Waals surface area (Å²) in [5.41, 5.74) is -1.12. The van der Waals surface area contributed by atoms with Crippen molar-refractivity contribution in [2.75, 3.05) is 19.7 Å². The number of halogens is 4. The molecular formula is C28H38F4N4O7. The van der Waals surface area contributed by atoms with E-state index in [4.69, 9.17) is 9.84 Å². The molecule has 0 bridgehead atoms. The maximum atomic E-state index is 14.2. The van der Waals surface area contributed by atoms with Crippen molar-refractivity contribution in [1.82, 2.24) is 20.9 Å². The molecule has 1 aromatic rings. The number of aromatic carboxylic acids is 1. The fourth-order valence-corrected chi connectivity index (χ4v) is 4.48. The largest absolute Gasteiger partial charge is 0.478 e. The Morgan fingerprint density at radius 3 is 2.21 bits per heavy atom. The number of hydrogen-bond acceptors (Lipinski definition) is 6. The number of hydrogen-bond donors (Lipinski definition) is 4. The van der Waals surface area contributed by atoms with Crippen LogP contribution in [0.25, 0.3) is 0 Å². The van der Waals surface area contributed by atoms with Crippen molar-refractivity contribution >= 4 is 29.8 Å². The van der Waals surface area contributed by atoms with Gasteiger partial charge in [-0.15, -0.1) is 0 Å². The van der Waals surface area contributed by atoms with Gasteiger partial charge >= 0.3 is 12.1 Å². The third-order valence-electron chi connectivity index (χ3n) is 6.70. The van der Waals surface area contributed by atoms with Gasteiger partial charge in [-0.05, 0) is 43.2 Å². The first kappa shape index (κ1) is 35.3. The van der Waals surface area contributed by atoms with Crippen molar-refractivity contribution in [2.24, 2.45) is 11.8 Å². The molecule has 15 heteroatoms.